The molecule has 0 aliphatic carbocycles. The maximum Gasteiger partial charge on any atom is 0 e. The first-order valence-electron chi connectivity index (χ1n) is 0. The second-order valence-corrected chi connectivity index (χ2v) is 0. The van der Waals surface area contributed by atoms with Crippen LogP contribution in [0.3, 0.4) is 0 Å². The SMILES string of the molecule is O.O.O.O.O.O.[Cl-].[Yb]. The minimum absolute atomic E-state index is 0. The van der Waals surface area contributed by atoms with Crippen molar-refractivity contribution in [3.05, 3.63) is 0 Å². The Balaban J connectivity index is 0. The molecule has 0 aromatic rings. The first kappa shape index (κ1) is 285. The van der Waals surface area contributed by atoms with Gasteiger partial charge in [0.1, 0.15) is 0 Å². The van der Waals surface area contributed by atoms with Crippen LogP contribution in [0.5, 0.6) is 0 Å². The molecule has 0 heterocycles. The summed E-state index contributed by atoms with van der Waals surface area (Å²) in [5.41, 5.74) is 0. The molecule has 0 fully saturated rings. The predicted octanol–water partition coefficient (Wildman–Crippen LogP) is -7.94. The van der Waals surface area contributed by atoms with E-state index >= 15 is 0 Å². The zero-order chi connectivity index (χ0) is 0. The normalized spacial score (nSPS) is 0. The largest absolute Gasteiger partial charge is 1.00 e. The van der Waals surface area contributed by atoms with E-state index in [1.165, 1.54) is 0 Å². The van der Waals surface area contributed by atoms with Crippen molar-refractivity contribution in [1.82, 2.24) is 0 Å². The van der Waals surface area contributed by atoms with Crippen LogP contribution < -0.4 is 12.4 Å². The van der Waals surface area contributed by atoms with Gasteiger partial charge in [-0.3, -0.25) is 0 Å². The monoisotopic (exact) mass is 317 g/mol. The molecule has 0 aromatic carbocycles. The van der Waals surface area contributed by atoms with Crippen molar-refractivity contribution in [3.8, 4) is 0 Å². The van der Waals surface area contributed by atoms with Gasteiger partial charge in [0.15, 0.2) is 0 Å². The van der Waals surface area contributed by atoms with E-state index in [4.69, 9.17) is 0 Å². The van der Waals surface area contributed by atoms with Crippen molar-refractivity contribution in [2.24, 2.45) is 0 Å². The fourth-order valence-corrected chi connectivity index (χ4v) is 0. The van der Waals surface area contributed by atoms with Gasteiger partial charge in [0.05, 0.1) is 0 Å². The number of halogens is 1. The summed E-state index contributed by atoms with van der Waals surface area (Å²) in [6.45, 7) is 0. The molecular formula is H12ClO6Yb-. The molecule has 0 rings (SSSR count). The van der Waals surface area contributed by atoms with Gasteiger partial charge < -0.3 is 45.3 Å². The molecule has 8 heteroatoms. The van der Waals surface area contributed by atoms with Crippen molar-refractivity contribution < 1.29 is 92.2 Å². The zero-order valence-corrected chi connectivity index (χ0v) is 6.12. The average Bonchev–Trinajstić information content (AvgIpc) is 0. The van der Waals surface area contributed by atoms with E-state index in [-0.39, 0.29) is 92.2 Å². The maximum absolute atomic E-state index is 0. The second-order valence-electron chi connectivity index (χ2n) is 0. The molecule has 0 saturated carbocycles. The minimum Gasteiger partial charge on any atom is -1.00 e. The third-order valence-corrected chi connectivity index (χ3v) is 0. The number of rotatable bonds is 0. The van der Waals surface area contributed by atoms with Crippen LogP contribution >= 0.6 is 0 Å². The summed E-state index contributed by atoms with van der Waals surface area (Å²) in [7, 11) is 0. The summed E-state index contributed by atoms with van der Waals surface area (Å²) in [5.74, 6) is 0. The van der Waals surface area contributed by atoms with Gasteiger partial charge in [-0.05, 0) is 0 Å². The van der Waals surface area contributed by atoms with Crippen LogP contribution in [0, 0.1) is 46.9 Å². The average molecular weight is 317 g/mol. The van der Waals surface area contributed by atoms with E-state index in [0.717, 1.165) is 0 Å². The summed E-state index contributed by atoms with van der Waals surface area (Å²) in [5, 5.41) is 0. The van der Waals surface area contributed by atoms with E-state index in [2.05, 4.69) is 0 Å². The minimum atomic E-state index is 0. The zero-order valence-electron chi connectivity index (χ0n) is 3.65. The number of hydrogen-bond acceptors (Lipinski definition) is 0. The van der Waals surface area contributed by atoms with Crippen molar-refractivity contribution >= 4 is 0 Å². The molecular weight excluding hydrogens is 304 g/mol. The molecule has 0 bridgehead atoms. The Hall–Kier alpha value is 1.57. The fourth-order valence-electron chi connectivity index (χ4n) is 0. The molecule has 0 amide bonds. The molecule has 0 aromatic heterocycles. The van der Waals surface area contributed by atoms with E-state index in [1.807, 2.05) is 0 Å². The molecule has 0 atom stereocenters. The molecule has 6 nitrogen and oxygen atoms in total. The van der Waals surface area contributed by atoms with Gasteiger partial charge in [-0.1, -0.05) is 0 Å². The molecule has 0 spiro atoms. The third kappa shape index (κ3) is 133. The van der Waals surface area contributed by atoms with Crippen LogP contribution in [0.2, 0.25) is 0 Å². The quantitative estimate of drug-likeness (QED) is 0.410. The van der Waals surface area contributed by atoms with E-state index in [0.29, 0.717) is 0 Å². The Kier molecular flexibility index (Phi) is 7110. The van der Waals surface area contributed by atoms with E-state index < -0.39 is 0 Å². The Morgan fingerprint density at radius 2 is 0.375 bits per heavy atom. The predicted molar refractivity (Wildman–Crippen MR) is 21.7 cm³/mol. The van der Waals surface area contributed by atoms with Crippen LogP contribution in [0.25, 0.3) is 0 Å². The van der Waals surface area contributed by atoms with Crippen molar-refractivity contribution in [2.75, 3.05) is 0 Å². The summed E-state index contributed by atoms with van der Waals surface area (Å²) >= 11 is 0. The molecule has 0 saturated heterocycles. The van der Waals surface area contributed by atoms with Gasteiger partial charge in [-0.2, -0.15) is 0 Å². The van der Waals surface area contributed by atoms with E-state index in [1.54, 1.807) is 0 Å². The molecule has 0 aliphatic rings. The first-order valence-corrected chi connectivity index (χ1v) is 0. The van der Waals surface area contributed by atoms with Crippen LogP contribution in [0.1, 0.15) is 0 Å². The van der Waals surface area contributed by atoms with Crippen molar-refractivity contribution in [3.63, 3.8) is 0 Å². The van der Waals surface area contributed by atoms with Gasteiger partial charge in [0, 0.05) is 46.9 Å². The van der Waals surface area contributed by atoms with Crippen molar-refractivity contribution in [2.45, 2.75) is 0 Å². The van der Waals surface area contributed by atoms with Gasteiger partial charge in [-0.25, -0.2) is 0 Å². The molecule has 70 valence electrons. The second kappa shape index (κ2) is 199. The summed E-state index contributed by atoms with van der Waals surface area (Å²) in [6.07, 6.45) is 0. The summed E-state index contributed by atoms with van der Waals surface area (Å²) in [4.78, 5) is 0. The van der Waals surface area contributed by atoms with Crippen LogP contribution in [0.15, 0.2) is 0 Å². The Labute approximate surface area is 91.1 Å². The smallest absolute Gasteiger partial charge is 0 e. The van der Waals surface area contributed by atoms with E-state index in [9.17, 15) is 0 Å². The van der Waals surface area contributed by atoms with Crippen LogP contribution in [-0.4, -0.2) is 32.9 Å². The summed E-state index contributed by atoms with van der Waals surface area (Å²) < 4.78 is 0. The van der Waals surface area contributed by atoms with Crippen molar-refractivity contribution in [1.29, 1.82) is 0 Å². The van der Waals surface area contributed by atoms with Gasteiger partial charge in [0.2, 0.25) is 0 Å². The Morgan fingerprint density at radius 1 is 0.375 bits per heavy atom. The Morgan fingerprint density at radius 3 is 0.375 bits per heavy atom. The van der Waals surface area contributed by atoms with Gasteiger partial charge in [-0.15, -0.1) is 0 Å². The summed E-state index contributed by atoms with van der Waals surface area (Å²) in [6, 6.07) is 0. The molecule has 0 radical (unpaired) electrons. The van der Waals surface area contributed by atoms with Gasteiger partial charge >= 0.3 is 0 Å². The molecule has 8 heavy (non-hydrogen) atoms. The molecule has 0 unspecified atom stereocenters. The van der Waals surface area contributed by atoms with Crippen LogP contribution in [0.4, 0.5) is 0 Å². The van der Waals surface area contributed by atoms with Crippen LogP contribution in [-0.2, 0) is 0 Å². The maximum atomic E-state index is 0. The molecule has 12 N–H and O–H groups in total. The topological polar surface area (TPSA) is 189 Å². The Bertz CT molecular complexity index is 8.49. The fraction of sp³-hybridized carbons (Fsp3) is 0. The third-order valence-electron chi connectivity index (χ3n) is 0. The number of hydrogen-bond donors (Lipinski definition) is 0. The first-order chi connectivity index (χ1) is 0. The standard InChI is InChI=1S/ClH.6H2O.Yb/h1H;6*1H2;/p-1. The molecule has 0 aliphatic heterocycles. The van der Waals surface area contributed by atoms with Gasteiger partial charge in [0.25, 0.3) is 0 Å².